The molecule has 0 bridgehead atoms. The fourth-order valence-electron chi connectivity index (χ4n) is 5.21. The summed E-state index contributed by atoms with van der Waals surface area (Å²) in [6.07, 6.45) is 10.4. The molecular weight excluding hydrogens is 408 g/mol. The Morgan fingerprint density at radius 1 is 1.09 bits per heavy atom. The molecule has 3 heterocycles. The number of carbonyl (C=O) groups is 2. The van der Waals surface area contributed by atoms with Gasteiger partial charge in [0.25, 0.3) is 5.56 Å². The van der Waals surface area contributed by atoms with E-state index in [1.807, 2.05) is 9.80 Å². The van der Waals surface area contributed by atoms with Crippen LogP contribution in [-0.2, 0) is 14.3 Å². The van der Waals surface area contributed by atoms with Crippen molar-refractivity contribution in [1.29, 1.82) is 0 Å². The maximum Gasteiger partial charge on any atom is 0.251 e. The minimum atomic E-state index is -0.135. The van der Waals surface area contributed by atoms with Crippen LogP contribution in [0.1, 0.15) is 68.3 Å². The zero-order valence-corrected chi connectivity index (χ0v) is 18.9. The van der Waals surface area contributed by atoms with Crippen LogP contribution in [0.3, 0.4) is 0 Å². The highest BCUT2D eigenvalue weighted by molar-refractivity contribution is 5.79. The van der Waals surface area contributed by atoms with E-state index in [1.165, 1.54) is 7.11 Å². The Morgan fingerprint density at radius 2 is 1.91 bits per heavy atom. The van der Waals surface area contributed by atoms with Crippen LogP contribution in [0.25, 0.3) is 0 Å². The van der Waals surface area contributed by atoms with Crippen LogP contribution in [0.4, 0.5) is 0 Å². The van der Waals surface area contributed by atoms with Crippen molar-refractivity contribution in [3.05, 3.63) is 40.1 Å². The first-order chi connectivity index (χ1) is 15.5. The van der Waals surface area contributed by atoms with Gasteiger partial charge in [-0.05, 0) is 44.9 Å². The molecule has 2 atom stereocenters. The highest BCUT2D eigenvalue weighted by Gasteiger charge is 2.31. The summed E-state index contributed by atoms with van der Waals surface area (Å²) in [5.74, 6) is 1.28. The third kappa shape index (κ3) is 5.28. The summed E-state index contributed by atoms with van der Waals surface area (Å²) in [4.78, 5) is 49.1. The standard InChI is InChI=1S/C24H34N4O4/c1-32-16-22(30)27-12-9-17(10-13-27)23-25-20(14-21(29)26-23)19-8-5-11-28(15-19)24(31)18-6-3-2-4-7-18/h2-3,14,17-19H,4-13,15-16H2,1H3,(H,25,26,29)/t18-,19+/m1/s1. The molecular formula is C24H34N4O4. The van der Waals surface area contributed by atoms with Crippen LogP contribution in [0.5, 0.6) is 0 Å². The lowest BCUT2D eigenvalue weighted by molar-refractivity contribution is -0.137. The van der Waals surface area contributed by atoms with Gasteiger partial charge in [0, 0.05) is 57.1 Å². The number of methoxy groups -OCH3 is 1. The molecule has 32 heavy (non-hydrogen) atoms. The van der Waals surface area contributed by atoms with Crippen LogP contribution >= 0.6 is 0 Å². The molecule has 174 valence electrons. The van der Waals surface area contributed by atoms with Gasteiger partial charge in [-0.1, -0.05) is 12.2 Å². The van der Waals surface area contributed by atoms with E-state index in [1.54, 1.807) is 6.07 Å². The van der Waals surface area contributed by atoms with E-state index in [2.05, 4.69) is 17.1 Å². The van der Waals surface area contributed by atoms with Crippen LogP contribution in [0.2, 0.25) is 0 Å². The molecule has 1 N–H and O–H groups in total. The number of allylic oxidation sites excluding steroid dienone is 2. The Hall–Kier alpha value is -2.48. The number of nitrogens with one attached hydrogen (secondary N) is 1. The van der Waals surface area contributed by atoms with Crippen molar-refractivity contribution >= 4 is 11.8 Å². The molecule has 1 aliphatic carbocycles. The van der Waals surface area contributed by atoms with Crippen LogP contribution in [0, 0.1) is 5.92 Å². The van der Waals surface area contributed by atoms with Crippen molar-refractivity contribution in [1.82, 2.24) is 19.8 Å². The number of H-pyrrole nitrogens is 1. The summed E-state index contributed by atoms with van der Waals surface area (Å²) in [7, 11) is 1.52. The molecule has 0 unspecified atom stereocenters. The number of rotatable bonds is 5. The van der Waals surface area contributed by atoms with Gasteiger partial charge in [0.15, 0.2) is 0 Å². The summed E-state index contributed by atoms with van der Waals surface area (Å²) < 4.78 is 4.95. The number of amides is 2. The molecule has 8 nitrogen and oxygen atoms in total. The Morgan fingerprint density at radius 3 is 2.62 bits per heavy atom. The molecule has 0 aromatic carbocycles. The van der Waals surface area contributed by atoms with Gasteiger partial charge in [0.1, 0.15) is 12.4 Å². The minimum absolute atomic E-state index is 0.00146. The zero-order valence-electron chi connectivity index (χ0n) is 18.9. The van der Waals surface area contributed by atoms with Gasteiger partial charge in [0.05, 0.1) is 5.69 Å². The maximum atomic E-state index is 13.0. The minimum Gasteiger partial charge on any atom is -0.375 e. The first-order valence-corrected chi connectivity index (χ1v) is 11.9. The van der Waals surface area contributed by atoms with Gasteiger partial charge in [-0.15, -0.1) is 0 Å². The van der Waals surface area contributed by atoms with Gasteiger partial charge < -0.3 is 19.5 Å². The lowest BCUT2D eigenvalue weighted by Crippen LogP contribution is -2.43. The number of aromatic amines is 1. The molecule has 2 saturated heterocycles. The van der Waals surface area contributed by atoms with Gasteiger partial charge in [0.2, 0.25) is 11.8 Å². The lowest BCUT2D eigenvalue weighted by Gasteiger charge is -2.35. The van der Waals surface area contributed by atoms with E-state index in [-0.39, 0.29) is 41.7 Å². The average molecular weight is 443 g/mol. The average Bonchev–Trinajstić information content (AvgIpc) is 2.84. The van der Waals surface area contributed by atoms with Gasteiger partial charge in [-0.3, -0.25) is 14.4 Å². The molecule has 0 spiro atoms. The smallest absolute Gasteiger partial charge is 0.251 e. The van der Waals surface area contributed by atoms with E-state index in [0.29, 0.717) is 25.5 Å². The Bertz CT molecular complexity index is 904. The van der Waals surface area contributed by atoms with E-state index in [0.717, 1.165) is 57.2 Å². The first kappa shape index (κ1) is 22.7. The van der Waals surface area contributed by atoms with E-state index < -0.39 is 0 Å². The Kier molecular flexibility index (Phi) is 7.40. The summed E-state index contributed by atoms with van der Waals surface area (Å²) in [6.45, 7) is 2.81. The molecule has 1 aromatic rings. The maximum absolute atomic E-state index is 13.0. The first-order valence-electron chi connectivity index (χ1n) is 11.9. The third-order valence-corrected chi connectivity index (χ3v) is 7.05. The van der Waals surface area contributed by atoms with Crippen molar-refractivity contribution < 1.29 is 14.3 Å². The quantitative estimate of drug-likeness (QED) is 0.706. The molecule has 2 amide bonds. The zero-order chi connectivity index (χ0) is 22.5. The Balaban J connectivity index is 1.42. The second-order valence-electron chi connectivity index (χ2n) is 9.25. The lowest BCUT2D eigenvalue weighted by atomic mass is 9.89. The third-order valence-electron chi connectivity index (χ3n) is 7.05. The molecule has 8 heteroatoms. The largest absolute Gasteiger partial charge is 0.375 e. The fourth-order valence-corrected chi connectivity index (χ4v) is 5.21. The van der Waals surface area contributed by atoms with Gasteiger partial charge in [-0.2, -0.15) is 0 Å². The van der Waals surface area contributed by atoms with Crippen molar-refractivity contribution in [3.8, 4) is 0 Å². The molecule has 1 aromatic heterocycles. The molecule has 0 saturated carbocycles. The van der Waals surface area contributed by atoms with Crippen molar-refractivity contribution in [2.45, 2.75) is 56.8 Å². The molecule has 2 aliphatic heterocycles. The molecule has 4 rings (SSSR count). The second kappa shape index (κ2) is 10.4. The van der Waals surface area contributed by atoms with Gasteiger partial charge in [-0.25, -0.2) is 4.98 Å². The predicted molar refractivity (Wildman–Crippen MR) is 120 cm³/mol. The molecule has 0 radical (unpaired) electrons. The van der Waals surface area contributed by atoms with Crippen molar-refractivity contribution in [2.75, 3.05) is 39.9 Å². The van der Waals surface area contributed by atoms with Crippen LogP contribution in [-0.4, -0.2) is 71.5 Å². The van der Waals surface area contributed by atoms with Crippen molar-refractivity contribution in [2.24, 2.45) is 5.92 Å². The monoisotopic (exact) mass is 442 g/mol. The number of aromatic nitrogens is 2. The van der Waals surface area contributed by atoms with Gasteiger partial charge >= 0.3 is 0 Å². The highest BCUT2D eigenvalue weighted by atomic mass is 16.5. The van der Waals surface area contributed by atoms with E-state index >= 15 is 0 Å². The second-order valence-corrected chi connectivity index (χ2v) is 9.25. The number of hydrogen-bond acceptors (Lipinski definition) is 5. The Labute approximate surface area is 189 Å². The number of carbonyl (C=O) groups excluding carboxylic acids is 2. The summed E-state index contributed by atoms with van der Waals surface area (Å²) >= 11 is 0. The topological polar surface area (TPSA) is 95.6 Å². The number of likely N-dealkylation sites (tertiary alicyclic amines) is 2. The van der Waals surface area contributed by atoms with Crippen LogP contribution in [0.15, 0.2) is 23.0 Å². The SMILES string of the molecule is COCC(=O)N1CCC(c2nc([C@H]3CCCN(C(=O)[C@@H]4CC=CCC4)C3)cc(=O)[nH]2)CC1. The molecule has 2 fully saturated rings. The summed E-state index contributed by atoms with van der Waals surface area (Å²) in [5.41, 5.74) is 0.659. The number of hydrogen-bond donors (Lipinski definition) is 1. The van der Waals surface area contributed by atoms with E-state index in [4.69, 9.17) is 9.72 Å². The van der Waals surface area contributed by atoms with E-state index in [9.17, 15) is 14.4 Å². The van der Waals surface area contributed by atoms with Crippen LogP contribution < -0.4 is 5.56 Å². The summed E-state index contributed by atoms with van der Waals surface area (Å²) in [5, 5.41) is 0. The number of piperidine rings is 2. The fraction of sp³-hybridized carbons (Fsp3) is 0.667. The normalized spacial score (nSPS) is 24.5. The highest BCUT2D eigenvalue weighted by Crippen LogP contribution is 2.30. The number of ether oxygens (including phenoxy) is 1. The summed E-state index contributed by atoms with van der Waals surface area (Å²) in [6, 6.07) is 1.60. The van der Waals surface area contributed by atoms with Crippen molar-refractivity contribution in [3.63, 3.8) is 0 Å². The predicted octanol–water partition coefficient (Wildman–Crippen LogP) is 2.18. The molecule has 3 aliphatic rings. The number of nitrogens with zero attached hydrogens (tertiary/aromatic N) is 3.